The van der Waals surface area contributed by atoms with Gasteiger partial charge in [0.25, 0.3) is 0 Å². The zero-order chi connectivity index (χ0) is 18.9. The molecule has 0 saturated heterocycles. The fourth-order valence-electron chi connectivity index (χ4n) is 1.92. The summed E-state index contributed by atoms with van der Waals surface area (Å²) in [4.78, 5) is 35.6. The van der Waals surface area contributed by atoms with Crippen LogP contribution in [0.3, 0.4) is 0 Å². The van der Waals surface area contributed by atoms with Crippen LogP contribution in [0.15, 0.2) is 0 Å². The zero-order valence-electron chi connectivity index (χ0n) is 15.3. The van der Waals surface area contributed by atoms with Crippen LogP contribution in [0.1, 0.15) is 47.5 Å². The van der Waals surface area contributed by atoms with E-state index in [2.05, 4.69) is 10.6 Å². The molecule has 24 heavy (non-hydrogen) atoms. The van der Waals surface area contributed by atoms with E-state index in [0.29, 0.717) is 18.6 Å². The van der Waals surface area contributed by atoms with Crippen LogP contribution >= 0.6 is 11.8 Å². The molecule has 0 rings (SSSR count). The molecule has 0 spiro atoms. The Morgan fingerprint density at radius 2 is 1.71 bits per heavy atom. The van der Waals surface area contributed by atoms with Gasteiger partial charge in [-0.2, -0.15) is 11.8 Å². The lowest BCUT2D eigenvalue weighted by Crippen LogP contribution is -2.52. The Balaban J connectivity index is 4.92. The Labute approximate surface area is 148 Å². The molecule has 0 aliphatic rings. The molecule has 0 heterocycles. The third-order valence-electron chi connectivity index (χ3n) is 2.94. The van der Waals surface area contributed by atoms with Gasteiger partial charge in [0.1, 0.15) is 17.7 Å². The van der Waals surface area contributed by atoms with E-state index in [0.717, 1.165) is 0 Å². The predicted molar refractivity (Wildman–Crippen MR) is 95.2 cm³/mol. The van der Waals surface area contributed by atoms with Gasteiger partial charge < -0.3 is 20.5 Å². The van der Waals surface area contributed by atoms with Crippen molar-refractivity contribution in [1.82, 2.24) is 10.6 Å². The van der Waals surface area contributed by atoms with Gasteiger partial charge in [-0.05, 0) is 51.5 Å². The Hall–Kier alpha value is -1.44. The molecule has 2 atom stereocenters. The van der Waals surface area contributed by atoms with Crippen molar-refractivity contribution in [3.05, 3.63) is 0 Å². The van der Waals surface area contributed by atoms with E-state index in [9.17, 15) is 19.5 Å². The summed E-state index contributed by atoms with van der Waals surface area (Å²) < 4.78 is 5.17. The summed E-state index contributed by atoms with van der Waals surface area (Å²) in [5.41, 5.74) is -0.676. The highest BCUT2D eigenvalue weighted by Crippen LogP contribution is 2.10. The number of amides is 2. The van der Waals surface area contributed by atoms with Crippen molar-refractivity contribution in [2.75, 3.05) is 12.0 Å². The van der Waals surface area contributed by atoms with Gasteiger partial charge in [0.05, 0.1) is 0 Å². The molecule has 8 heteroatoms. The molecule has 0 aliphatic carbocycles. The Morgan fingerprint density at radius 3 is 2.12 bits per heavy atom. The number of carboxylic acid groups (broad SMARTS) is 1. The van der Waals surface area contributed by atoms with E-state index in [-0.39, 0.29) is 5.92 Å². The molecule has 7 nitrogen and oxygen atoms in total. The number of aliphatic carboxylic acids is 1. The SMILES string of the molecule is CSCCC(NC(=O)C(CC(C)C)NC(=O)OC(C)(C)C)C(=O)O. The predicted octanol–water partition coefficient (Wildman–Crippen LogP) is 2.25. The largest absolute Gasteiger partial charge is 0.480 e. The number of hydrogen-bond donors (Lipinski definition) is 3. The van der Waals surface area contributed by atoms with Crippen molar-refractivity contribution in [2.45, 2.75) is 65.1 Å². The van der Waals surface area contributed by atoms with Gasteiger partial charge in [0.2, 0.25) is 5.91 Å². The maximum absolute atomic E-state index is 12.4. The van der Waals surface area contributed by atoms with Gasteiger partial charge in [-0.3, -0.25) is 4.79 Å². The molecule has 140 valence electrons. The minimum absolute atomic E-state index is 0.144. The molecule has 0 aromatic rings. The van der Waals surface area contributed by atoms with Crippen molar-refractivity contribution in [3.63, 3.8) is 0 Å². The van der Waals surface area contributed by atoms with Gasteiger partial charge in [0, 0.05) is 0 Å². The molecule has 0 bridgehead atoms. The Bertz CT molecular complexity index is 435. The zero-order valence-corrected chi connectivity index (χ0v) is 16.2. The van der Waals surface area contributed by atoms with Crippen LogP contribution in [0.5, 0.6) is 0 Å². The molecule has 0 saturated carbocycles. The second-order valence-electron chi connectivity index (χ2n) is 7.01. The first kappa shape index (κ1) is 22.6. The number of carbonyl (C=O) groups is 3. The van der Waals surface area contributed by atoms with Crippen LogP contribution < -0.4 is 10.6 Å². The van der Waals surface area contributed by atoms with E-state index in [1.807, 2.05) is 20.1 Å². The van der Waals surface area contributed by atoms with Gasteiger partial charge in [-0.25, -0.2) is 9.59 Å². The fraction of sp³-hybridized carbons (Fsp3) is 0.812. The maximum Gasteiger partial charge on any atom is 0.408 e. The fourth-order valence-corrected chi connectivity index (χ4v) is 2.39. The number of alkyl carbamates (subject to hydrolysis) is 1. The molecule has 0 aromatic carbocycles. The smallest absolute Gasteiger partial charge is 0.408 e. The summed E-state index contributed by atoms with van der Waals surface area (Å²) in [6, 6.07) is -1.81. The third kappa shape index (κ3) is 10.4. The van der Waals surface area contributed by atoms with Crippen LogP contribution in [0.25, 0.3) is 0 Å². The minimum atomic E-state index is -1.09. The first-order valence-electron chi connectivity index (χ1n) is 7.98. The van der Waals surface area contributed by atoms with Crippen LogP contribution in [0.2, 0.25) is 0 Å². The molecule has 0 radical (unpaired) electrons. The lowest BCUT2D eigenvalue weighted by atomic mass is 10.0. The van der Waals surface area contributed by atoms with Crippen LogP contribution in [-0.2, 0) is 14.3 Å². The molecule has 3 N–H and O–H groups in total. The summed E-state index contributed by atoms with van der Waals surface area (Å²) in [5.74, 6) is -0.836. The topological polar surface area (TPSA) is 105 Å². The number of carboxylic acids is 1. The highest BCUT2D eigenvalue weighted by molar-refractivity contribution is 7.98. The molecule has 2 amide bonds. The van der Waals surface area contributed by atoms with Crippen molar-refractivity contribution < 1.29 is 24.2 Å². The summed E-state index contributed by atoms with van der Waals surface area (Å²) in [6.07, 6.45) is 1.88. The molecule has 2 unspecified atom stereocenters. The van der Waals surface area contributed by atoms with Crippen LogP contribution in [0.4, 0.5) is 4.79 Å². The summed E-state index contributed by atoms with van der Waals surface area (Å²) >= 11 is 1.51. The normalized spacial score (nSPS) is 14.0. The summed E-state index contributed by atoms with van der Waals surface area (Å²) in [5, 5.41) is 14.2. The third-order valence-corrected chi connectivity index (χ3v) is 3.58. The molecule has 0 aliphatic heterocycles. The lowest BCUT2D eigenvalue weighted by molar-refractivity contribution is -0.142. The summed E-state index contributed by atoms with van der Waals surface area (Å²) in [7, 11) is 0. The number of nitrogens with one attached hydrogen (secondary N) is 2. The van der Waals surface area contributed by atoms with Crippen LogP contribution in [0, 0.1) is 5.92 Å². The highest BCUT2D eigenvalue weighted by atomic mass is 32.2. The molecule has 0 aromatic heterocycles. The standard InChI is InChI=1S/C16H30N2O5S/c1-10(2)9-12(18-15(22)23-16(3,4)5)13(19)17-11(14(20)21)7-8-24-6/h10-12H,7-9H2,1-6H3,(H,17,19)(H,18,22)(H,20,21). The van der Waals surface area contributed by atoms with Crippen molar-refractivity contribution in [1.29, 1.82) is 0 Å². The van der Waals surface area contributed by atoms with Crippen molar-refractivity contribution in [2.24, 2.45) is 5.92 Å². The van der Waals surface area contributed by atoms with Gasteiger partial charge >= 0.3 is 12.1 Å². The average Bonchev–Trinajstić information content (AvgIpc) is 2.39. The van der Waals surface area contributed by atoms with Gasteiger partial charge in [0.15, 0.2) is 0 Å². The van der Waals surface area contributed by atoms with Crippen molar-refractivity contribution in [3.8, 4) is 0 Å². The van der Waals surface area contributed by atoms with E-state index < -0.39 is 35.7 Å². The first-order valence-corrected chi connectivity index (χ1v) is 9.37. The lowest BCUT2D eigenvalue weighted by Gasteiger charge is -2.25. The highest BCUT2D eigenvalue weighted by Gasteiger charge is 2.28. The van der Waals surface area contributed by atoms with Crippen molar-refractivity contribution >= 4 is 29.7 Å². The summed E-state index contributed by atoms with van der Waals surface area (Å²) in [6.45, 7) is 9.02. The van der Waals surface area contributed by atoms with E-state index in [1.165, 1.54) is 11.8 Å². The number of ether oxygens (including phenoxy) is 1. The Morgan fingerprint density at radius 1 is 1.12 bits per heavy atom. The molecular formula is C16H30N2O5S. The molecular weight excluding hydrogens is 332 g/mol. The minimum Gasteiger partial charge on any atom is -0.480 e. The number of rotatable bonds is 9. The second kappa shape index (κ2) is 10.4. The average molecular weight is 362 g/mol. The second-order valence-corrected chi connectivity index (χ2v) is 7.99. The quantitative estimate of drug-likeness (QED) is 0.581. The maximum atomic E-state index is 12.4. The number of hydrogen-bond acceptors (Lipinski definition) is 5. The molecule has 0 fully saturated rings. The van der Waals surface area contributed by atoms with Gasteiger partial charge in [-0.15, -0.1) is 0 Å². The van der Waals surface area contributed by atoms with E-state index >= 15 is 0 Å². The van der Waals surface area contributed by atoms with E-state index in [1.54, 1.807) is 20.8 Å². The Kier molecular flexibility index (Phi) is 9.80. The number of carbonyl (C=O) groups excluding carboxylic acids is 2. The van der Waals surface area contributed by atoms with Gasteiger partial charge in [-0.1, -0.05) is 13.8 Å². The van der Waals surface area contributed by atoms with Crippen LogP contribution in [-0.4, -0.2) is 52.8 Å². The first-order chi connectivity index (χ1) is 11.0. The number of thioether (sulfide) groups is 1. The van der Waals surface area contributed by atoms with E-state index in [4.69, 9.17) is 4.74 Å². The monoisotopic (exact) mass is 362 g/mol.